The molecule has 0 saturated heterocycles. The molecule has 10 nitrogen and oxygen atoms in total. The van der Waals surface area contributed by atoms with Crippen molar-refractivity contribution in [1.82, 2.24) is 24.7 Å². The van der Waals surface area contributed by atoms with E-state index in [1.807, 2.05) is 61.9 Å². The van der Waals surface area contributed by atoms with Crippen LogP contribution in [0.3, 0.4) is 0 Å². The zero-order chi connectivity index (χ0) is 32.6. The number of rotatable bonds is 8. The Labute approximate surface area is 272 Å². The van der Waals surface area contributed by atoms with Gasteiger partial charge in [0.15, 0.2) is 10.8 Å². The van der Waals surface area contributed by atoms with E-state index >= 15 is 0 Å². The lowest BCUT2D eigenvalue weighted by molar-refractivity contribution is 0.0453. The summed E-state index contributed by atoms with van der Waals surface area (Å²) in [6.07, 6.45) is 4.25. The van der Waals surface area contributed by atoms with Crippen LogP contribution in [-0.2, 0) is 24.2 Å². The van der Waals surface area contributed by atoms with Gasteiger partial charge in [-0.25, -0.2) is 19.7 Å². The quantitative estimate of drug-likeness (QED) is 0.182. The summed E-state index contributed by atoms with van der Waals surface area (Å²) in [5.41, 5.74) is 6.20. The highest BCUT2D eigenvalue weighted by molar-refractivity contribution is 7.21. The van der Waals surface area contributed by atoms with E-state index in [1.54, 1.807) is 12.4 Å². The van der Waals surface area contributed by atoms with Gasteiger partial charge in [-0.05, 0) is 66.1 Å². The van der Waals surface area contributed by atoms with Crippen molar-refractivity contribution in [3.63, 3.8) is 0 Å². The molecular formula is C35H39N7O3S. The summed E-state index contributed by atoms with van der Waals surface area (Å²) >= 11 is 1.35. The lowest BCUT2D eigenvalue weighted by atomic mass is 9.94. The number of nitrogens with zero attached hydrogens (tertiary/aromatic N) is 6. The van der Waals surface area contributed by atoms with Gasteiger partial charge in [0, 0.05) is 48.2 Å². The summed E-state index contributed by atoms with van der Waals surface area (Å²) in [7, 11) is 0. The lowest BCUT2D eigenvalue weighted by Crippen LogP contribution is -2.33. The molecule has 238 valence electrons. The summed E-state index contributed by atoms with van der Waals surface area (Å²) < 4.78 is 7.67. The number of aromatic nitrogens is 5. The molecule has 0 bridgehead atoms. The van der Waals surface area contributed by atoms with Gasteiger partial charge >= 0.3 is 5.97 Å². The summed E-state index contributed by atoms with van der Waals surface area (Å²) in [5.74, 6) is 0.158. The number of carbonyl (C=O) groups excluding carboxylic acids is 2. The van der Waals surface area contributed by atoms with E-state index in [2.05, 4.69) is 52.1 Å². The topological polar surface area (TPSA) is 115 Å². The number of pyridine rings is 2. The monoisotopic (exact) mass is 637 g/mol. The van der Waals surface area contributed by atoms with Crippen LogP contribution in [0.2, 0.25) is 0 Å². The fourth-order valence-electron chi connectivity index (χ4n) is 5.61. The maximum Gasteiger partial charge on any atom is 0.357 e. The van der Waals surface area contributed by atoms with Crippen molar-refractivity contribution in [2.45, 2.75) is 61.1 Å². The number of thiazole rings is 1. The van der Waals surface area contributed by atoms with Crippen LogP contribution < -0.4 is 10.2 Å². The molecule has 1 amide bonds. The largest absolute Gasteiger partial charge is 0.461 e. The SMILES string of the molecule is Cc1c(-c2ccc(N3CCc4cccc(C(=O)Nc5nc6cccnc6s5)c4C3)nc2C(=O)OCC(C)C)cnn1CC(C)(C)C. The minimum Gasteiger partial charge on any atom is -0.461 e. The number of nitrogens with one attached hydrogen (secondary N) is 1. The number of fused-ring (bicyclic) bond motifs is 2. The second-order valence-corrected chi connectivity index (χ2v) is 14.3. The van der Waals surface area contributed by atoms with Crippen LogP contribution in [0.1, 0.15) is 72.3 Å². The van der Waals surface area contributed by atoms with E-state index in [-0.39, 0.29) is 22.9 Å². The molecule has 0 spiro atoms. The summed E-state index contributed by atoms with van der Waals surface area (Å²) in [6, 6.07) is 13.4. The fourth-order valence-corrected chi connectivity index (χ4v) is 6.41. The average Bonchev–Trinajstić information content (AvgIpc) is 3.60. The smallest absolute Gasteiger partial charge is 0.357 e. The minimum atomic E-state index is -0.462. The highest BCUT2D eigenvalue weighted by atomic mass is 32.1. The number of ether oxygens (including phenoxy) is 1. The van der Waals surface area contributed by atoms with Crippen LogP contribution in [0.15, 0.2) is 54.9 Å². The van der Waals surface area contributed by atoms with Crippen molar-refractivity contribution in [3.8, 4) is 11.1 Å². The number of hydrogen-bond donors (Lipinski definition) is 1. The Kier molecular flexibility index (Phi) is 8.61. The Morgan fingerprint density at radius 3 is 2.65 bits per heavy atom. The van der Waals surface area contributed by atoms with E-state index in [9.17, 15) is 9.59 Å². The predicted octanol–water partition coefficient (Wildman–Crippen LogP) is 6.93. The molecule has 1 aliphatic heterocycles. The third-order valence-corrected chi connectivity index (χ3v) is 8.76. The van der Waals surface area contributed by atoms with Crippen LogP contribution in [0.4, 0.5) is 10.9 Å². The van der Waals surface area contributed by atoms with Crippen molar-refractivity contribution in [2.24, 2.45) is 11.3 Å². The molecule has 0 saturated carbocycles. The van der Waals surface area contributed by atoms with Gasteiger partial charge in [-0.15, -0.1) is 0 Å². The third kappa shape index (κ3) is 6.64. The minimum absolute atomic E-state index is 0.0427. The Morgan fingerprint density at radius 2 is 1.89 bits per heavy atom. The normalized spacial score (nSPS) is 13.2. The number of hydrogen-bond acceptors (Lipinski definition) is 9. The summed E-state index contributed by atoms with van der Waals surface area (Å²) in [6.45, 7) is 14.7. The molecule has 4 aromatic heterocycles. The van der Waals surface area contributed by atoms with Gasteiger partial charge < -0.3 is 9.64 Å². The number of carbonyl (C=O) groups is 2. The molecule has 0 unspecified atom stereocenters. The molecule has 1 aromatic carbocycles. The van der Waals surface area contributed by atoms with E-state index in [1.165, 1.54) is 11.3 Å². The number of benzene rings is 1. The van der Waals surface area contributed by atoms with Crippen molar-refractivity contribution in [3.05, 3.63) is 82.9 Å². The molecule has 0 fully saturated rings. The molecule has 0 atom stereocenters. The van der Waals surface area contributed by atoms with Crippen LogP contribution in [0.5, 0.6) is 0 Å². The molecule has 0 radical (unpaired) electrons. The lowest BCUT2D eigenvalue weighted by Gasteiger charge is -2.31. The second-order valence-electron chi connectivity index (χ2n) is 13.3. The maximum absolute atomic E-state index is 13.5. The molecule has 5 heterocycles. The van der Waals surface area contributed by atoms with E-state index in [0.29, 0.717) is 41.8 Å². The highest BCUT2D eigenvalue weighted by Crippen LogP contribution is 2.33. The van der Waals surface area contributed by atoms with Gasteiger partial charge in [0.25, 0.3) is 5.91 Å². The highest BCUT2D eigenvalue weighted by Gasteiger charge is 2.27. The summed E-state index contributed by atoms with van der Waals surface area (Å²) in [5, 5.41) is 8.12. The Balaban J connectivity index is 1.30. The third-order valence-electron chi connectivity index (χ3n) is 7.87. The molecule has 46 heavy (non-hydrogen) atoms. The molecule has 6 rings (SSSR count). The first-order valence-corrected chi connectivity index (χ1v) is 16.4. The van der Waals surface area contributed by atoms with E-state index in [4.69, 9.17) is 9.72 Å². The first-order valence-electron chi connectivity index (χ1n) is 15.6. The zero-order valence-corrected chi connectivity index (χ0v) is 27.9. The Bertz CT molecular complexity index is 1890. The van der Waals surface area contributed by atoms with Crippen LogP contribution in [0, 0.1) is 18.3 Å². The number of amides is 1. The Morgan fingerprint density at radius 1 is 1.07 bits per heavy atom. The van der Waals surface area contributed by atoms with Crippen molar-refractivity contribution >= 4 is 44.5 Å². The van der Waals surface area contributed by atoms with Crippen LogP contribution in [0.25, 0.3) is 21.5 Å². The van der Waals surface area contributed by atoms with Gasteiger partial charge in [0.05, 0.1) is 12.8 Å². The first-order chi connectivity index (χ1) is 22.0. The average molecular weight is 638 g/mol. The molecule has 5 aromatic rings. The molecule has 11 heteroatoms. The molecule has 1 aliphatic rings. The fraction of sp³-hybridized carbons (Fsp3) is 0.371. The van der Waals surface area contributed by atoms with Gasteiger partial charge in [0.2, 0.25) is 0 Å². The van der Waals surface area contributed by atoms with Crippen LogP contribution >= 0.6 is 11.3 Å². The van der Waals surface area contributed by atoms with E-state index in [0.717, 1.165) is 45.7 Å². The van der Waals surface area contributed by atoms with Gasteiger partial charge in [-0.3, -0.25) is 14.8 Å². The van der Waals surface area contributed by atoms with Crippen molar-refractivity contribution in [2.75, 3.05) is 23.4 Å². The van der Waals surface area contributed by atoms with E-state index < -0.39 is 5.97 Å². The standard InChI is InChI=1S/C35H39N7O3S/c1-21(2)19-45-33(44)30-24(26-17-37-42(22(26)3)20-35(4,5)6)12-13-29(39-30)41-16-14-23-9-7-10-25(27(23)18-41)31(43)40-34-38-28-11-8-15-36-32(28)46-34/h7-13,15,17,21H,14,16,18-20H2,1-6H3,(H,38,40,43). The van der Waals surface area contributed by atoms with Gasteiger partial charge in [-0.2, -0.15) is 5.10 Å². The summed E-state index contributed by atoms with van der Waals surface area (Å²) in [4.78, 5) is 43.7. The Hall–Kier alpha value is -4.64. The van der Waals surface area contributed by atoms with Gasteiger partial charge in [0.1, 0.15) is 16.2 Å². The zero-order valence-electron chi connectivity index (χ0n) is 27.1. The van der Waals surface area contributed by atoms with Crippen molar-refractivity contribution < 1.29 is 14.3 Å². The number of anilines is 2. The van der Waals surface area contributed by atoms with Crippen LogP contribution in [-0.4, -0.2) is 49.8 Å². The van der Waals surface area contributed by atoms with Gasteiger partial charge in [-0.1, -0.05) is 58.1 Å². The second kappa shape index (κ2) is 12.6. The number of esters is 1. The molecule has 0 aliphatic carbocycles. The first kappa shape index (κ1) is 31.3. The predicted molar refractivity (Wildman–Crippen MR) is 181 cm³/mol. The molecule has 1 N–H and O–H groups in total. The maximum atomic E-state index is 13.5. The van der Waals surface area contributed by atoms with Crippen molar-refractivity contribution in [1.29, 1.82) is 0 Å². The molecular weight excluding hydrogens is 598 g/mol.